The maximum absolute atomic E-state index is 6.23. The van der Waals surface area contributed by atoms with E-state index >= 15 is 0 Å². The normalized spacial score (nSPS) is 25.3. The highest BCUT2D eigenvalue weighted by Crippen LogP contribution is 2.30. The average molecular weight is 267 g/mol. The first-order valence-corrected chi connectivity index (χ1v) is 7.67. The minimum atomic E-state index is 0.185. The smallest absolute Gasteiger partial charge is 0.0591 e. The van der Waals surface area contributed by atoms with Crippen LogP contribution in [0.1, 0.15) is 30.7 Å². The molecule has 3 unspecified atom stereocenters. The first-order chi connectivity index (χ1) is 8.59. The van der Waals surface area contributed by atoms with Crippen LogP contribution in [0.3, 0.4) is 0 Å². The van der Waals surface area contributed by atoms with Crippen LogP contribution in [-0.4, -0.2) is 49.1 Å². The van der Waals surface area contributed by atoms with Crippen LogP contribution >= 0.6 is 11.3 Å². The largest absolute Gasteiger partial charge is 0.326 e. The van der Waals surface area contributed by atoms with Gasteiger partial charge in [0.1, 0.15) is 0 Å². The summed E-state index contributed by atoms with van der Waals surface area (Å²) in [7, 11) is 4.36. The third-order valence-corrected chi connectivity index (χ3v) is 4.83. The minimum Gasteiger partial charge on any atom is -0.326 e. The third kappa shape index (κ3) is 3.12. The van der Waals surface area contributed by atoms with Crippen molar-refractivity contribution in [2.75, 3.05) is 27.2 Å². The summed E-state index contributed by atoms with van der Waals surface area (Å²) in [6.45, 7) is 4.44. The number of thiophene rings is 1. The average Bonchev–Trinajstić information content (AvgIpc) is 2.82. The number of hydrogen-bond donors (Lipinski definition) is 1. The van der Waals surface area contributed by atoms with Gasteiger partial charge in [-0.05, 0) is 51.9 Å². The molecule has 0 aliphatic carbocycles. The second kappa shape index (κ2) is 6.15. The molecular formula is C14H25N3S. The van der Waals surface area contributed by atoms with Gasteiger partial charge >= 0.3 is 0 Å². The van der Waals surface area contributed by atoms with Gasteiger partial charge in [0, 0.05) is 23.5 Å². The van der Waals surface area contributed by atoms with Crippen molar-refractivity contribution < 1.29 is 0 Å². The molecule has 3 nitrogen and oxygen atoms in total. The van der Waals surface area contributed by atoms with Gasteiger partial charge in [-0.25, -0.2) is 0 Å². The second-order valence-electron chi connectivity index (χ2n) is 5.57. The SMILES string of the molecule is CC(N)C(c1cccs1)N1CCCC(N(C)C)C1. The summed E-state index contributed by atoms with van der Waals surface area (Å²) in [5, 5.41) is 2.15. The molecule has 2 heterocycles. The van der Waals surface area contributed by atoms with Crippen LogP contribution in [0.25, 0.3) is 0 Å². The number of nitrogens with zero attached hydrogens (tertiary/aromatic N) is 2. The standard InChI is InChI=1S/C14H25N3S/c1-11(15)14(13-7-5-9-18-13)17-8-4-6-12(10-17)16(2)3/h5,7,9,11-12,14H,4,6,8,10,15H2,1-3H3. The Labute approximate surface area is 115 Å². The molecule has 1 aliphatic heterocycles. The van der Waals surface area contributed by atoms with Crippen molar-refractivity contribution in [3.05, 3.63) is 22.4 Å². The van der Waals surface area contributed by atoms with Crippen molar-refractivity contribution in [1.29, 1.82) is 0 Å². The Morgan fingerprint density at radius 2 is 2.28 bits per heavy atom. The van der Waals surface area contributed by atoms with Crippen LogP contribution < -0.4 is 5.73 Å². The molecule has 3 atom stereocenters. The third-order valence-electron chi connectivity index (χ3n) is 3.88. The Hall–Kier alpha value is -0.420. The van der Waals surface area contributed by atoms with Crippen molar-refractivity contribution in [1.82, 2.24) is 9.80 Å². The minimum absolute atomic E-state index is 0.185. The molecule has 2 N–H and O–H groups in total. The van der Waals surface area contributed by atoms with E-state index in [4.69, 9.17) is 5.73 Å². The highest BCUT2D eigenvalue weighted by molar-refractivity contribution is 7.10. The maximum atomic E-state index is 6.23. The first-order valence-electron chi connectivity index (χ1n) is 6.79. The van der Waals surface area contributed by atoms with E-state index in [2.05, 4.69) is 48.3 Å². The van der Waals surface area contributed by atoms with Crippen LogP contribution in [0.15, 0.2) is 17.5 Å². The van der Waals surface area contributed by atoms with Crippen LogP contribution in [0.5, 0.6) is 0 Å². The molecule has 2 rings (SSSR count). The Morgan fingerprint density at radius 3 is 2.83 bits per heavy atom. The maximum Gasteiger partial charge on any atom is 0.0591 e. The Kier molecular flexibility index (Phi) is 4.78. The van der Waals surface area contributed by atoms with Crippen LogP contribution in [0.2, 0.25) is 0 Å². The van der Waals surface area contributed by atoms with Gasteiger partial charge in [0.2, 0.25) is 0 Å². The summed E-state index contributed by atoms with van der Waals surface area (Å²) in [6.07, 6.45) is 2.58. The van der Waals surface area contributed by atoms with Gasteiger partial charge in [-0.15, -0.1) is 11.3 Å². The van der Waals surface area contributed by atoms with E-state index in [9.17, 15) is 0 Å². The lowest BCUT2D eigenvalue weighted by Gasteiger charge is -2.41. The number of hydrogen-bond acceptors (Lipinski definition) is 4. The molecule has 1 fully saturated rings. The lowest BCUT2D eigenvalue weighted by atomic mass is 9.99. The Balaban J connectivity index is 2.11. The number of nitrogens with two attached hydrogens (primary N) is 1. The molecule has 102 valence electrons. The predicted octanol–water partition coefficient (Wildman–Crippen LogP) is 2.16. The predicted molar refractivity (Wildman–Crippen MR) is 79.0 cm³/mol. The van der Waals surface area contributed by atoms with Gasteiger partial charge in [0.25, 0.3) is 0 Å². The molecule has 0 aromatic carbocycles. The highest BCUT2D eigenvalue weighted by Gasteiger charge is 2.30. The van der Waals surface area contributed by atoms with Crippen LogP contribution in [-0.2, 0) is 0 Å². The summed E-state index contributed by atoms with van der Waals surface area (Å²) >= 11 is 1.83. The molecule has 0 saturated carbocycles. The van der Waals surface area contributed by atoms with Crippen molar-refractivity contribution >= 4 is 11.3 Å². The van der Waals surface area contributed by atoms with E-state index in [1.165, 1.54) is 24.3 Å². The van der Waals surface area contributed by atoms with E-state index in [1.807, 2.05) is 11.3 Å². The molecule has 0 bridgehead atoms. The van der Waals surface area contributed by atoms with Crippen LogP contribution in [0, 0.1) is 0 Å². The zero-order chi connectivity index (χ0) is 13.1. The Morgan fingerprint density at radius 1 is 1.50 bits per heavy atom. The molecule has 18 heavy (non-hydrogen) atoms. The number of likely N-dealkylation sites (tertiary alicyclic amines) is 1. The van der Waals surface area contributed by atoms with Gasteiger partial charge in [0.15, 0.2) is 0 Å². The molecule has 0 amide bonds. The van der Waals surface area contributed by atoms with Crippen molar-refractivity contribution in [3.8, 4) is 0 Å². The fourth-order valence-electron chi connectivity index (χ4n) is 2.89. The Bertz CT molecular complexity index is 348. The summed E-state index contributed by atoms with van der Waals surface area (Å²) < 4.78 is 0. The van der Waals surface area contributed by atoms with E-state index in [-0.39, 0.29) is 6.04 Å². The molecule has 1 aromatic heterocycles. The van der Waals surface area contributed by atoms with Crippen molar-refractivity contribution in [2.45, 2.75) is 37.9 Å². The highest BCUT2D eigenvalue weighted by atomic mass is 32.1. The van der Waals surface area contributed by atoms with E-state index < -0.39 is 0 Å². The second-order valence-corrected chi connectivity index (χ2v) is 6.55. The molecule has 1 aliphatic rings. The molecule has 0 radical (unpaired) electrons. The van der Waals surface area contributed by atoms with Gasteiger partial charge in [-0.2, -0.15) is 0 Å². The summed E-state index contributed by atoms with van der Waals surface area (Å²) in [5.74, 6) is 0. The van der Waals surface area contributed by atoms with Gasteiger partial charge < -0.3 is 10.6 Å². The number of likely N-dealkylation sites (N-methyl/N-ethyl adjacent to an activating group) is 1. The molecular weight excluding hydrogens is 242 g/mol. The number of piperidine rings is 1. The summed E-state index contributed by atoms with van der Waals surface area (Å²) in [5.41, 5.74) is 6.23. The van der Waals surface area contributed by atoms with Crippen molar-refractivity contribution in [3.63, 3.8) is 0 Å². The molecule has 4 heteroatoms. The lowest BCUT2D eigenvalue weighted by Crippen LogP contribution is -2.49. The van der Waals surface area contributed by atoms with Crippen molar-refractivity contribution in [2.24, 2.45) is 5.73 Å². The van der Waals surface area contributed by atoms with Gasteiger partial charge in [0.05, 0.1) is 6.04 Å². The zero-order valence-corrected chi connectivity index (χ0v) is 12.5. The first kappa shape index (κ1) is 14.0. The monoisotopic (exact) mass is 267 g/mol. The molecule has 1 aromatic rings. The molecule has 1 saturated heterocycles. The van der Waals surface area contributed by atoms with E-state index in [1.54, 1.807) is 0 Å². The van der Waals surface area contributed by atoms with Gasteiger partial charge in [-0.3, -0.25) is 4.90 Å². The number of rotatable bonds is 4. The zero-order valence-electron chi connectivity index (χ0n) is 11.7. The van der Waals surface area contributed by atoms with Crippen LogP contribution in [0.4, 0.5) is 0 Å². The summed E-state index contributed by atoms with van der Waals surface area (Å²) in [6, 6.07) is 5.58. The lowest BCUT2D eigenvalue weighted by molar-refractivity contribution is 0.0879. The fraction of sp³-hybridized carbons (Fsp3) is 0.714. The van der Waals surface area contributed by atoms with E-state index in [0.29, 0.717) is 12.1 Å². The summed E-state index contributed by atoms with van der Waals surface area (Å²) in [4.78, 5) is 6.33. The van der Waals surface area contributed by atoms with Gasteiger partial charge in [-0.1, -0.05) is 6.07 Å². The fourth-order valence-corrected chi connectivity index (χ4v) is 3.86. The quantitative estimate of drug-likeness (QED) is 0.907. The molecule has 0 spiro atoms. The van der Waals surface area contributed by atoms with E-state index in [0.717, 1.165) is 6.54 Å². The topological polar surface area (TPSA) is 32.5 Å².